The van der Waals surface area contributed by atoms with Gasteiger partial charge in [-0.3, -0.25) is 0 Å². The molecule has 4 rings (SSSR count). The molecule has 4 nitrogen and oxygen atoms in total. The maximum Gasteiger partial charge on any atom is 0.231 e. The topological polar surface area (TPSA) is 43.4 Å². The predicted octanol–water partition coefficient (Wildman–Crippen LogP) is 4.97. The van der Waals surface area contributed by atoms with E-state index in [2.05, 4.69) is 32.5 Å². The third-order valence-electron chi connectivity index (χ3n) is 3.99. The summed E-state index contributed by atoms with van der Waals surface area (Å²) in [6, 6.07) is 6.24. The third kappa shape index (κ3) is 3.82. The van der Waals surface area contributed by atoms with E-state index in [9.17, 15) is 0 Å². The first-order valence-corrected chi connectivity index (χ1v) is 10.1. The van der Waals surface area contributed by atoms with Crippen molar-refractivity contribution in [2.75, 3.05) is 6.79 Å². The number of halogens is 1. The van der Waals surface area contributed by atoms with Crippen LogP contribution in [-0.2, 0) is 13.0 Å². The Morgan fingerprint density at radius 1 is 1.28 bits per heavy atom. The minimum atomic E-state index is 0.164. The molecule has 0 radical (unpaired) electrons. The highest BCUT2D eigenvalue weighted by Crippen LogP contribution is 2.39. The fourth-order valence-corrected chi connectivity index (χ4v) is 4.63. The summed E-state index contributed by atoms with van der Waals surface area (Å²) in [6.07, 6.45) is 0.911. The Morgan fingerprint density at radius 2 is 2.20 bits per heavy atom. The first kappa shape index (κ1) is 16.8. The largest absolute Gasteiger partial charge is 0.454 e. The number of hydrogen-bond acceptors (Lipinski definition) is 6. The van der Waals surface area contributed by atoms with Crippen LogP contribution in [0.25, 0.3) is 0 Å². The number of rotatable bonds is 6. The molecule has 0 saturated heterocycles. The smallest absolute Gasteiger partial charge is 0.231 e. The van der Waals surface area contributed by atoms with Gasteiger partial charge in [0.15, 0.2) is 11.5 Å². The Hall–Kier alpha value is -1.60. The van der Waals surface area contributed by atoms with E-state index in [-0.39, 0.29) is 12.8 Å². The van der Waals surface area contributed by atoms with Gasteiger partial charge in [0.25, 0.3) is 0 Å². The number of aromatic nitrogens is 1. The van der Waals surface area contributed by atoms with Gasteiger partial charge in [-0.25, -0.2) is 4.98 Å². The van der Waals surface area contributed by atoms with Gasteiger partial charge in [-0.1, -0.05) is 11.6 Å². The minimum absolute atomic E-state index is 0.164. The van der Waals surface area contributed by atoms with E-state index in [0.29, 0.717) is 23.1 Å². The molecular formula is C18H17ClN2O2S2. The van der Waals surface area contributed by atoms with Crippen molar-refractivity contribution in [1.29, 1.82) is 0 Å². The zero-order valence-corrected chi connectivity index (χ0v) is 16.0. The molecule has 3 heterocycles. The van der Waals surface area contributed by atoms with Gasteiger partial charge in [0.05, 0.1) is 11.1 Å². The number of hydrogen-bond donors (Lipinski definition) is 1. The quantitative estimate of drug-likeness (QED) is 0.643. The highest BCUT2D eigenvalue weighted by Gasteiger charge is 2.20. The number of nitrogens with zero attached hydrogens (tertiary/aromatic N) is 1. The van der Waals surface area contributed by atoms with E-state index < -0.39 is 0 Å². The standard InChI is InChI=1S/C18H17ClN2O2S2/c1-11-8-25-18(21-11)15(5-12-2-3-24-9-12)20-7-13-4-14(19)17-16(6-13)22-10-23-17/h2-4,6,8-9,15,20H,5,7,10H2,1H3/t15-/m0/s1. The Kier molecular flexibility index (Phi) is 4.94. The van der Waals surface area contributed by atoms with Gasteiger partial charge >= 0.3 is 0 Å². The SMILES string of the molecule is Cc1csc([C@H](Cc2ccsc2)NCc2cc(Cl)c3c(c2)OCO3)n1. The molecular weight excluding hydrogens is 376 g/mol. The second kappa shape index (κ2) is 7.33. The molecule has 0 saturated carbocycles. The normalized spacial score (nSPS) is 14.0. The van der Waals surface area contributed by atoms with E-state index in [0.717, 1.165) is 22.7 Å². The number of benzene rings is 1. The zero-order valence-electron chi connectivity index (χ0n) is 13.6. The van der Waals surface area contributed by atoms with Crippen LogP contribution in [-0.4, -0.2) is 11.8 Å². The number of fused-ring (bicyclic) bond motifs is 1. The molecule has 0 aliphatic carbocycles. The Bertz CT molecular complexity index is 864. The van der Waals surface area contributed by atoms with Crippen LogP contribution in [0.3, 0.4) is 0 Å². The van der Waals surface area contributed by atoms with E-state index in [1.54, 1.807) is 22.7 Å². The Labute approximate surface area is 159 Å². The number of ether oxygens (including phenoxy) is 2. The van der Waals surface area contributed by atoms with Gasteiger partial charge in [-0.2, -0.15) is 11.3 Å². The molecule has 0 amide bonds. The van der Waals surface area contributed by atoms with Crippen LogP contribution in [0, 0.1) is 6.92 Å². The minimum Gasteiger partial charge on any atom is -0.454 e. The lowest BCUT2D eigenvalue weighted by Crippen LogP contribution is -2.22. The molecule has 1 aliphatic heterocycles. The summed E-state index contributed by atoms with van der Waals surface area (Å²) in [5, 5.41) is 11.7. The second-order valence-electron chi connectivity index (χ2n) is 5.91. The summed E-state index contributed by atoms with van der Waals surface area (Å²) in [4.78, 5) is 4.67. The molecule has 0 bridgehead atoms. The average molecular weight is 393 g/mol. The summed E-state index contributed by atoms with van der Waals surface area (Å²) in [5.41, 5.74) is 3.44. The van der Waals surface area contributed by atoms with Gasteiger partial charge in [-0.05, 0) is 53.4 Å². The average Bonchev–Trinajstić information content (AvgIpc) is 3.32. The van der Waals surface area contributed by atoms with Crippen LogP contribution in [0.5, 0.6) is 11.5 Å². The number of thiophene rings is 1. The lowest BCUT2D eigenvalue weighted by atomic mass is 10.1. The van der Waals surface area contributed by atoms with Gasteiger partial charge in [-0.15, -0.1) is 11.3 Å². The Balaban J connectivity index is 1.52. The summed E-state index contributed by atoms with van der Waals surface area (Å²) in [7, 11) is 0. The van der Waals surface area contributed by atoms with Gasteiger partial charge in [0.1, 0.15) is 5.01 Å². The molecule has 1 aliphatic rings. The van der Waals surface area contributed by atoms with E-state index >= 15 is 0 Å². The summed E-state index contributed by atoms with van der Waals surface area (Å²) < 4.78 is 10.8. The van der Waals surface area contributed by atoms with Gasteiger partial charge < -0.3 is 14.8 Å². The maximum absolute atomic E-state index is 6.28. The molecule has 3 aromatic rings. The van der Waals surface area contributed by atoms with Crippen molar-refractivity contribution in [1.82, 2.24) is 10.3 Å². The van der Waals surface area contributed by atoms with Crippen LogP contribution >= 0.6 is 34.3 Å². The predicted molar refractivity (Wildman–Crippen MR) is 102 cm³/mol. The lowest BCUT2D eigenvalue weighted by molar-refractivity contribution is 0.174. The fraction of sp³-hybridized carbons (Fsp3) is 0.278. The Morgan fingerprint density at radius 3 is 2.96 bits per heavy atom. The van der Waals surface area contributed by atoms with E-state index in [1.165, 1.54) is 5.56 Å². The van der Waals surface area contributed by atoms with Crippen molar-refractivity contribution in [3.05, 3.63) is 61.2 Å². The molecule has 0 fully saturated rings. The molecule has 1 N–H and O–H groups in total. The van der Waals surface area contributed by atoms with Crippen LogP contribution in [0.15, 0.2) is 34.3 Å². The van der Waals surface area contributed by atoms with Crippen molar-refractivity contribution >= 4 is 34.3 Å². The number of aryl methyl sites for hydroxylation is 1. The van der Waals surface area contributed by atoms with Crippen molar-refractivity contribution in [3.8, 4) is 11.5 Å². The molecule has 0 spiro atoms. The second-order valence-corrected chi connectivity index (χ2v) is 7.98. The molecule has 7 heteroatoms. The summed E-state index contributed by atoms with van der Waals surface area (Å²) in [6.45, 7) is 2.94. The zero-order chi connectivity index (χ0) is 17.2. The highest BCUT2D eigenvalue weighted by atomic mass is 35.5. The molecule has 1 aromatic carbocycles. The van der Waals surface area contributed by atoms with Crippen molar-refractivity contribution in [3.63, 3.8) is 0 Å². The van der Waals surface area contributed by atoms with Crippen LogP contribution in [0.1, 0.15) is 27.9 Å². The van der Waals surface area contributed by atoms with Crippen LogP contribution in [0.4, 0.5) is 0 Å². The van der Waals surface area contributed by atoms with E-state index in [1.807, 2.05) is 19.1 Å². The molecule has 2 aromatic heterocycles. The van der Waals surface area contributed by atoms with Gasteiger partial charge in [0.2, 0.25) is 6.79 Å². The first-order valence-electron chi connectivity index (χ1n) is 7.93. The number of nitrogens with one attached hydrogen (secondary N) is 1. The summed E-state index contributed by atoms with van der Waals surface area (Å²) >= 11 is 9.70. The van der Waals surface area contributed by atoms with Crippen molar-refractivity contribution in [2.45, 2.75) is 25.9 Å². The summed E-state index contributed by atoms with van der Waals surface area (Å²) in [5.74, 6) is 1.35. The molecule has 25 heavy (non-hydrogen) atoms. The molecule has 1 atom stereocenters. The lowest BCUT2D eigenvalue weighted by Gasteiger charge is -2.16. The van der Waals surface area contributed by atoms with Crippen LogP contribution in [0.2, 0.25) is 5.02 Å². The molecule has 0 unspecified atom stereocenters. The molecule has 130 valence electrons. The highest BCUT2D eigenvalue weighted by molar-refractivity contribution is 7.09. The first-order chi connectivity index (χ1) is 12.2. The van der Waals surface area contributed by atoms with Gasteiger partial charge in [0, 0.05) is 17.6 Å². The van der Waals surface area contributed by atoms with E-state index in [4.69, 9.17) is 21.1 Å². The third-order valence-corrected chi connectivity index (χ3v) is 6.08. The maximum atomic E-state index is 6.28. The monoisotopic (exact) mass is 392 g/mol. The van der Waals surface area contributed by atoms with Crippen LogP contribution < -0.4 is 14.8 Å². The number of thiazole rings is 1. The fourth-order valence-electron chi connectivity index (χ4n) is 2.79. The van der Waals surface area contributed by atoms with Crippen molar-refractivity contribution < 1.29 is 9.47 Å². The van der Waals surface area contributed by atoms with Crippen molar-refractivity contribution in [2.24, 2.45) is 0 Å².